The molecule has 0 unspecified atom stereocenters. The van der Waals surface area contributed by atoms with Crippen molar-refractivity contribution in [3.8, 4) is 11.4 Å². The highest BCUT2D eigenvalue weighted by Crippen LogP contribution is 2.26. The average Bonchev–Trinajstić information content (AvgIpc) is 2.73. The van der Waals surface area contributed by atoms with Crippen LogP contribution in [0.4, 0.5) is 14.4 Å². The Hall–Kier alpha value is -3.68. The number of rotatable bonds is 2. The van der Waals surface area contributed by atoms with Crippen LogP contribution in [-0.2, 0) is 4.65 Å². The van der Waals surface area contributed by atoms with E-state index in [0.29, 0.717) is 22.3 Å². The summed E-state index contributed by atoms with van der Waals surface area (Å²) in [4.78, 5) is 13.0. The summed E-state index contributed by atoms with van der Waals surface area (Å²) in [5.41, 5.74) is 1.69. The second-order valence-corrected chi connectivity index (χ2v) is 6.35. The number of aromatic nitrogens is 3. The predicted molar refractivity (Wildman–Crippen MR) is 102 cm³/mol. The minimum Gasteiger partial charge on any atom is -0.604 e. The third-order valence-electron chi connectivity index (χ3n) is 4.51. The molecule has 0 spiro atoms. The van der Waals surface area contributed by atoms with Crippen molar-refractivity contribution in [1.82, 2.24) is 9.97 Å². The summed E-state index contributed by atoms with van der Waals surface area (Å²) < 4.78 is 35.9. The molecular formula is C20H13BF2N4O. The number of fused-ring (bicyclic) bond motifs is 3. The van der Waals surface area contributed by atoms with Gasteiger partial charge in [-0.15, -0.1) is 4.98 Å². The van der Waals surface area contributed by atoms with Gasteiger partial charge in [-0.1, -0.05) is 29.3 Å². The van der Waals surface area contributed by atoms with Gasteiger partial charge in [0.25, 0.3) is 5.90 Å². The molecule has 1 aliphatic rings. The van der Waals surface area contributed by atoms with Crippen LogP contribution in [-0.4, -0.2) is 22.9 Å². The number of nitrogens with zero attached hydrogens (tertiary/aromatic N) is 4. The normalized spacial score (nSPS) is 14.9. The number of pyridine rings is 3. The molecule has 0 saturated heterocycles. The van der Waals surface area contributed by atoms with E-state index in [9.17, 15) is 0 Å². The zero-order valence-electron chi connectivity index (χ0n) is 14.5. The topological polar surface area (TPSA) is 51.3 Å². The van der Waals surface area contributed by atoms with Gasteiger partial charge in [-0.2, -0.15) is 0 Å². The van der Waals surface area contributed by atoms with Crippen molar-refractivity contribution < 1.29 is 17.8 Å². The van der Waals surface area contributed by atoms with Crippen LogP contribution < -0.4 is 4.48 Å². The maximum Gasteiger partial charge on any atom is 0.703 e. The van der Waals surface area contributed by atoms with Crippen LogP contribution in [0, 0.1) is 0 Å². The Kier molecular flexibility index (Phi) is 3.65. The Balaban J connectivity index is 1.73. The summed E-state index contributed by atoms with van der Waals surface area (Å²) >= 11 is 0. The Morgan fingerprint density at radius 3 is 2.39 bits per heavy atom. The molecule has 0 atom stereocenters. The first-order chi connectivity index (χ1) is 13.6. The smallest absolute Gasteiger partial charge is 0.604 e. The van der Waals surface area contributed by atoms with Gasteiger partial charge < -0.3 is 17.8 Å². The van der Waals surface area contributed by atoms with E-state index in [1.807, 2.05) is 6.07 Å². The van der Waals surface area contributed by atoms with E-state index in [1.165, 1.54) is 0 Å². The highest BCUT2D eigenvalue weighted by molar-refractivity contribution is 6.53. The molecule has 1 aromatic carbocycles. The lowest BCUT2D eigenvalue weighted by Crippen LogP contribution is -2.64. The van der Waals surface area contributed by atoms with E-state index in [2.05, 4.69) is 15.0 Å². The van der Waals surface area contributed by atoms with Gasteiger partial charge in [-0.05, 0) is 42.5 Å². The van der Waals surface area contributed by atoms with Crippen LogP contribution in [0.25, 0.3) is 22.4 Å². The maximum absolute atomic E-state index is 15.1. The summed E-state index contributed by atoms with van der Waals surface area (Å²) in [6.45, 7) is 0. The van der Waals surface area contributed by atoms with Gasteiger partial charge in [-0.3, -0.25) is 4.98 Å². The van der Waals surface area contributed by atoms with Gasteiger partial charge in [0.05, 0.1) is 5.56 Å². The molecule has 28 heavy (non-hydrogen) atoms. The van der Waals surface area contributed by atoms with Gasteiger partial charge in [0.15, 0.2) is 5.69 Å². The highest BCUT2D eigenvalue weighted by atomic mass is 19.3. The summed E-state index contributed by atoms with van der Waals surface area (Å²) in [5, 5.41) is 0.562. The molecule has 3 aromatic heterocycles. The van der Waals surface area contributed by atoms with Crippen molar-refractivity contribution in [2.24, 2.45) is 4.99 Å². The molecule has 5 nitrogen and oxygen atoms in total. The monoisotopic (exact) mass is 374 g/mol. The lowest BCUT2D eigenvalue weighted by atomic mass is 10.0. The Morgan fingerprint density at radius 1 is 0.821 bits per heavy atom. The number of aliphatic imine (C=N–C) groups is 1. The van der Waals surface area contributed by atoms with Crippen molar-refractivity contribution in [2.45, 2.75) is 0 Å². The second-order valence-electron chi connectivity index (χ2n) is 6.35. The lowest BCUT2D eigenvalue weighted by molar-refractivity contribution is -0.542. The SMILES string of the molecule is F[B-]1(F)OC(c2ccccc2)=Nc2ccc3ccc(-c4ccccn4)nc3[n+]21. The number of hydrogen-bond donors (Lipinski definition) is 0. The second kappa shape index (κ2) is 6.19. The van der Waals surface area contributed by atoms with E-state index < -0.39 is 7.04 Å². The first kappa shape index (κ1) is 16.5. The van der Waals surface area contributed by atoms with E-state index in [-0.39, 0.29) is 17.4 Å². The van der Waals surface area contributed by atoms with E-state index in [0.717, 1.165) is 4.48 Å². The molecule has 4 aromatic rings. The van der Waals surface area contributed by atoms with Crippen LogP contribution in [0.5, 0.6) is 0 Å². The average molecular weight is 374 g/mol. The maximum atomic E-state index is 15.1. The molecule has 0 saturated carbocycles. The van der Waals surface area contributed by atoms with Crippen molar-refractivity contribution in [2.75, 3.05) is 0 Å². The molecule has 1 aliphatic heterocycles. The van der Waals surface area contributed by atoms with E-state index in [1.54, 1.807) is 72.9 Å². The molecule has 0 N–H and O–H groups in total. The van der Waals surface area contributed by atoms with Gasteiger partial charge in [-0.25, -0.2) is 0 Å². The largest absolute Gasteiger partial charge is 0.703 e. The van der Waals surface area contributed by atoms with Crippen LogP contribution in [0.2, 0.25) is 0 Å². The van der Waals surface area contributed by atoms with Crippen molar-refractivity contribution >= 4 is 29.8 Å². The van der Waals surface area contributed by atoms with Gasteiger partial charge in [0.2, 0.25) is 11.5 Å². The summed E-state index contributed by atoms with van der Waals surface area (Å²) in [7, 11) is -4.41. The molecule has 0 aliphatic carbocycles. The van der Waals surface area contributed by atoms with Crippen LogP contribution in [0.3, 0.4) is 0 Å². The first-order valence-corrected chi connectivity index (χ1v) is 8.73. The minimum atomic E-state index is -4.41. The van der Waals surface area contributed by atoms with Crippen molar-refractivity contribution in [1.29, 1.82) is 0 Å². The highest BCUT2D eigenvalue weighted by Gasteiger charge is 2.45. The van der Waals surface area contributed by atoms with Crippen LogP contribution in [0.1, 0.15) is 5.56 Å². The third-order valence-corrected chi connectivity index (χ3v) is 4.51. The third kappa shape index (κ3) is 2.70. The van der Waals surface area contributed by atoms with E-state index >= 15 is 8.63 Å². The zero-order valence-corrected chi connectivity index (χ0v) is 14.5. The minimum absolute atomic E-state index is 0.0910. The van der Waals surface area contributed by atoms with Gasteiger partial charge in [0.1, 0.15) is 5.69 Å². The molecule has 5 rings (SSSR count). The molecule has 0 amide bonds. The molecule has 0 radical (unpaired) electrons. The molecule has 8 heteroatoms. The van der Waals surface area contributed by atoms with Crippen molar-refractivity contribution in [3.05, 3.63) is 84.6 Å². The molecular weight excluding hydrogens is 361 g/mol. The molecule has 4 heterocycles. The van der Waals surface area contributed by atoms with Gasteiger partial charge in [0, 0.05) is 17.6 Å². The zero-order chi connectivity index (χ0) is 19.1. The van der Waals surface area contributed by atoms with Gasteiger partial charge >= 0.3 is 7.04 Å². The Labute approximate surface area is 159 Å². The Bertz CT molecular complexity index is 1220. The lowest BCUT2D eigenvalue weighted by Gasteiger charge is -2.29. The summed E-state index contributed by atoms with van der Waals surface area (Å²) in [6, 6.07) is 20.8. The van der Waals surface area contributed by atoms with Crippen molar-refractivity contribution in [3.63, 3.8) is 0 Å². The molecule has 136 valence electrons. The number of hydrogen-bond acceptors (Lipinski definition) is 4. The van der Waals surface area contributed by atoms with E-state index in [4.69, 9.17) is 4.65 Å². The van der Waals surface area contributed by atoms with Crippen LogP contribution in [0.15, 0.2) is 84.0 Å². The fraction of sp³-hybridized carbons (Fsp3) is 0. The standard InChI is InChI=1S/C20H13BF2N4O/c22-21(23)27-18(26-20(28-21)15-6-2-1-3-7-15)12-10-14-9-11-17(25-19(14)27)16-8-4-5-13-24-16/h1-13H. The van der Waals surface area contributed by atoms with Crippen LogP contribution >= 0.6 is 0 Å². The fourth-order valence-electron chi connectivity index (χ4n) is 3.21. The summed E-state index contributed by atoms with van der Waals surface area (Å²) in [6.07, 6.45) is 1.63. The molecule has 0 fully saturated rings. The Morgan fingerprint density at radius 2 is 1.61 bits per heavy atom. The fourth-order valence-corrected chi connectivity index (χ4v) is 3.21. The number of halogens is 2. The quantitative estimate of drug-likeness (QED) is 0.500. The first-order valence-electron chi connectivity index (χ1n) is 8.73. The molecule has 0 bridgehead atoms. The predicted octanol–water partition coefficient (Wildman–Crippen LogP) is 3.92. The summed E-state index contributed by atoms with van der Waals surface area (Å²) in [5.74, 6) is -0.0147. The number of benzene rings is 1.